The van der Waals surface area contributed by atoms with Crippen molar-refractivity contribution in [2.24, 2.45) is 0 Å². The number of rotatable bonds is 2. The lowest BCUT2D eigenvalue weighted by atomic mass is 10.1. The minimum absolute atomic E-state index is 0.0511. The SMILES string of the molecule is O=c1[nH]c(Cl)c(-c2cccc(F)c2)c(=O)n1C1CCCC1. The molecule has 0 saturated heterocycles. The van der Waals surface area contributed by atoms with Gasteiger partial charge in [-0.15, -0.1) is 0 Å². The van der Waals surface area contributed by atoms with Gasteiger partial charge in [0.05, 0.1) is 5.56 Å². The molecule has 0 amide bonds. The van der Waals surface area contributed by atoms with Crippen LogP contribution in [0.1, 0.15) is 31.7 Å². The predicted molar refractivity (Wildman–Crippen MR) is 79.2 cm³/mol. The second-order valence-electron chi connectivity index (χ2n) is 5.24. The van der Waals surface area contributed by atoms with E-state index in [4.69, 9.17) is 11.6 Å². The first-order chi connectivity index (χ1) is 10.1. The number of hydrogen-bond donors (Lipinski definition) is 1. The fraction of sp³-hybridized carbons (Fsp3) is 0.333. The van der Waals surface area contributed by atoms with E-state index in [0.717, 1.165) is 25.7 Å². The van der Waals surface area contributed by atoms with Crippen molar-refractivity contribution >= 4 is 11.6 Å². The average molecular weight is 309 g/mol. The molecule has 21 heavy (non-hydrogen) atoms. The molecule has 1 fully saturated rings. The van der Waals surface area contributed by atoms with Crippen LogP contribution in [0.2, 0.25) is 5.15 Å². The number of nitrogens with one attached hydrogen (secondary N) is 1. The predicted octanol–water partition coefficient (Wildman–Crippen LogP) is 3.11. The third kappa shape index (κ3) is 2.53. The van der Waals surface area contributed by atoms with Crippen molar-refractivity contribution in [2.45, 2.75) is 31.7 Å². The zero-order valence-electron chi connectivity index (χ0n) is 11.2. The van der Waals surface area contributed by atoms with E-state index in [1.54, 1.807) is 6.07 Å². The van der Waals surface area contributed by atoms with Gasteiger partial charge < -0.3 is 0 Å². The fourth-order valence-electron chi connectivity index (χ4n) is 2.91. The second-order valence-corrected chi connectivity index (χ2v) is 5.62. The van der Waals surface area contributed by atoms with Crippen LogP contribution in [0.4, 0.5) is 4.39 Å². The normalized spacial score (nSPS) is 15.5. The molecule has 0 spiro atoms. The third-order valence-corrected chi connectivity index (χ3v) is 4.17. The molecular formula is C15H14ClFN2O2. The van der Waals surface area contributed by atoms with Crippen molar-refractivity contribution in [1.82, 2.24) is 9.55 Å². The number of aromatic amines is 1. The largest absolute Gasteiger partial charge is 0.329 e. The van der Waals surface area contributed by atoms with Gasteiger partial charge in [0.1, 0.15) is 11.0 Å². The molecule has 3 rings (SSSR count). The first kappa shape index (κ1) is 14.1. The van der Waals surface area contributed by atoms with Gasteiger partial charge >= 0.3 is 5.69 Å². The van der Waals surface area contributed by atoms with Crippen LogP contribution >= 0.6 is 11.6 Å². The first-order valence-electron chi connectivity index (χ1n) is 6.88. The Balaban J connectivity index is 2.24. The zero-order valence-corrected chi connectivity index (χ0v) is 12.0. The number of hydrogen-bond acceptors (Lipinski definition) is 2. The topological polar surface area (TPSA) is 54.9 Å². The summed E-state index contributed by atoms with van der Waals surface area (Å²) in [6.45, 7) is 0. The monoisotopic (exact) mass is 308 g/mol. The van der Waals surface area contributed by atoms with Gasteiger partial charge in [-0.25, -0.2) is 9.18 Å². The molecule has 0 unspecified atom stereocenters. The smallest absolute Gasteiger partial charge is 0.297 e. The van der Waals surface area contributed by atoms with Crippen LogP contribution in [-0.4, -0.2) is 9.55 Å². The van der Waals surface area contributed by atoms with E-state index in [-0.39, 0.29) is 16.8 Å². The van der Waals surface area contributed by atoms with Gasteiger partial charge in [-0.05, 0) is 30.5 Å². The Bertz CT molecular complexity index is 791. The Hall–Kier alpha value is -1.88. The molecular weight excluding hydrogens is 295 g/mol. The molecule has 2 aromatic rings. The highest BCUT2D eigenvalue weighted by Crippen LogP contribution is 2.28. The zero-order chi connectivity index (χ0) is 15.0. The van der Waals surface area contributed by atoms with Crippen molar-refractivity contribution in [3.05, 3.63) is 56.1 Å². The van der Waals surface area contributed by atoms with E-state index in [1.807, 2.05) is 0 Å². The number of benzene rings is 1. The van der Waals surface area contributed by atoms with Gasteiger partial charge in [-0.3, -0.25) is 14.3 Å². The Morgan fingerprint density at radius 3 is 2.62 bits per heavy atom. The lowest BCUT2D eigenvalue weighted by molar-refractivity contribution is 0.480. The van der Waals surface area contributed by atoms with E-state index in [9.17, 15) is 14.0 Å². The second kappa shape index (κ2) is 5.48. The average Bonchev–Trinajstić information content (AvgIpc) is 2.92. The molecule has 4 nitrogen and oxygen atoms in total. The van der Waals surface area contributed by atoms with E-state index in [1.165, 1.54) is 22.8 Å². The molecule has 110 valence electrons. The lowest BCUT2D eigenvalue weighted by Gasteiger charge is -2.14. The van der Waals surface area contributed by atoms with Crippen molar-refractivity contribution in [2.75, 3.05) is 0 Å². The van der Waals surface area contributed by atoms with E-state index >= 15 is 0 Å². The van der Waals surface area contributed by atoms with Crippen LogP contribution in [0.25, 0.3) is 11.1 Å². The maximum atomic E-state index is 13.4. The van der Waals surface area contributed by atoms with Gasteiger partial charge in [0, 0.05) is 6.04 Å². The maximum absolute atomic E-state index is 13.4. The molecule has 1 aromatic heterocycles. The molecule has 1 aliphatic rings. The summed E-state index contributed by atoms with van der Waals surface area (Å²) >= 11 is 6.01. The van der Waals surface area contributed by atoms with Crippen LogP contribution in [0.3, 0.4) is 0 Å². The van der Waals surface area contributed by atoms with Crippen molar-refractivity contribution in [1.29, 1.82) is 0 Å². The molecule has 1 saturated carbocycles. The van der Waals surface area contributed by atoms with Crippen LogP contribution < -0.4 is 11.2 Å². The number of halogens is 2. The van der Waals surface area contributed by atoms with Gasteiger partial charge in [0.2, 0.25) is 0 Å². The summed E-state index contributed by atoms with van der Waals surface area (Å²) in [4.78, 5) is 27.2. The van der Waals surface area contributed by atoms with E-state index in [2.05, 4.69) is 4.98 Å². The Kier molecular flexibility index (Phi) is 3.68. The summed E-state index contributed by atoms with van der Waals surface area (Å²) in [5, 5.41) is -0.0511. The van der Waals surface area contributed by atoms with Crippen molar-refractivity contribution in [3.63, 3.8) is 0 Å². The third-order valence-electron chi connectivity index (χ3n) is 3.89. The lowest BCUT2D eigenvalue weighted by Crippen LogP contribution is -2.38. The Morgan fingerprint density at radius 2 is 1.95 bits per heavy atom. The maximum Gasteiger partial charge on any atom is 0.329 e. The highest BCUT2D eigenvalue weighted by atomic mass is 35.5. The van der Waals surface area contributed by atoms with Gasteiger partial charge in [-0.1, -0.05) is 36.6 Å². The van der Waals surface area contributed by atoms with Gasteiger partial charge in [-0.2, -0.15) is 0 Å². The number of nitrogens with zero attached hydrogens (tertiary/aromatic N) is 1. The van der Waals surface area contributed by atoms with Gasteiger partial charge in [0.25, 0.3) is 5.56 Å². The molecule has 0 atom stereocenters. The Morgan fingerprint density at radius 1 is 1.24 bits per heavy atom. The molecule has 0 aliphatic heterocycles. The summed E-state index contributed by atoms with van der Waals surface area (Å²) in [7, 11) is 0. The number of aromatic nitrogens is 2. The molecule has 0 bridgehead atoms. The van der Waals surface area contributed by atoms with E-state index < -0.39 is 17.1 Å². The number of H-pyrrole nitrogens is 1. The van der Waals surface area contributed by atoms with Crippen LogP contribution in [0, 0.1) is 5.82 Å². The minimum atomic E-state index is -0.503. The first-order valence-corrected chi connectivity index (χ1v) is 7.26. The molecule has 1 aromatic carbocycles. The summed E-state index contributed by atoms with van der Waals surface area (Å²) in [5.41, 5.74) is -0.450. The highest BCUT2D eigenvalue weighted by molar-refractivity contribution is 6.32. The van der Waals surface area contributed by atoms with Crippen LogP contribution in [0.15, 0.2) is 33.9 Å². The molecule has 6 heteroatoms. The van der Waals surface area contributed by atoms with Crippen LogP contribution in [0.5, 0.6) is 0 Å². The standard InChI is InChI=1S/C15H14ClFN2O2/c16-13-12(9-4-3-5-10(17)8-9)14(20)19(15(21)18-13)11-6-1-2-7-11/h3-5,8,11H,1-2,6-7H2,(H,18,21). The minimum Gasteiger partial charge on any atom is -0.297 e. The summed E-state index contributed by atoms with van der Waals surface area (Å²) in [5.74, 6) is -0.457. The molecule has 1 heterocycles. The Labute approximate surface area is 125 Å². The van der Waals surface area contributed by atoms with Crippen molar-refractivity contribution in [3.8, 4) is 11.1 Å². The van der Waals surface area contributed by atoms with Crippen molar-refractivity contribution < 1.29 is 4.39 Å². The van der Waals surface area contributed by atoms with E-state index in [0.29, 0.717) is 5.56 Å². The summed E-state index contributed by atoms with van der Waals surface area (Å²) in [6, 6.07) is 5.53. The summed E-state index contributed by atoms with van der Waals surface area (Å²) in [6.07, 6.45) is 3.59. The van der Waals surface area contributed by atoms with Gasteiger partial charge in [0.15, 0.2) is 0 Å². The quantitative estimate of drug-likeness (QED) is 0.867. The fourth-order valence-corrected chi connectivity index (χ4v) is 3.18. The molecule has 0 radical (unpaired) electrons. The summed E-state index contributed by atoms with van der Waals surface area (Å²) < 4.78 is 14.6. The highest BCUT2D eigenvalue weighted by Gasteiger charge is 2.23. The van der Waals surface area contributed by atoms with Crippen LogP contribution in [-0.2, 0) is 0 Å². The molecule has 1 aliphatic carbocycles. The molecule has 1 N–H and O–H groups in total.